The quantitative estimate of drug-likeness (QED) is 0.197. The number of ketones is 1. The van der Waals surface area contributed by atoms with E-state index in [-0.39, 0.29) is 23.2 Å². The third kappa shape index (κ3) is 6.92. The van der Waals surface area contributed by atoms with E-state index >= 15 is 0 Å². The van der Waals surface area contributed by atoms with E-state index in [0.717, 1.165) is 49.6 Å². The van der Waals surface area contributed by atoms with Gasteiger partial charge < -0.3 is 10.2 Å². The van der Waals surface area contributed by atoms with Crippen molar-refractivity contribution < 1.29 is 22.8 Å². The molecule has 2 aliphatic rings. The average Bonchev–Trinajstić information content (AvgIpc) is 3.76. The molecule has 0 aliphatic carbocycles. The number of fused-ring (bicyclic) bond motifs is 1. The molecule has 1 aromatic carbocycles. The minimum atomic E-state index is -4.59. The number of nitrogens with zero attached hydrogens (tertiary/aromatic N) is 7. The monoisotopic (exact) mass is 701 g/mol. The highest BCUT2D eigenvalue weighted by atomic mass is 32.2. The molecule has 7 rings (SSSR count). The molecule has 15 heteroatoms. The van der Waals surface area contributed by atoms with Gasteiger partial charge in [0.25, 0.3) is 0 Å². The van der Waals surface area contributed by atoms with Crippen molar-refractivity contribution in [2.45, 2.75) is 30.2 Å². The van der Waals surface area contributed by atoms with Crippen molar-refractivity contribution in [2.75, 3.05) is 49.2 Å². The molecule has 0 bridgehead atoms. The summed E-state index contributed by atoms with van der Waals surface area (Å²) in [4.78, 5) is 48.0. The Balaban J connectivity index is 0.951. The number of piperidine rings is 1. The van der Waals surface area contributed by atoms with Crippen molar-refractivity contribution in [3.05, 3.63) is 79.0 Å². The van der Waals surface area contributed by atoms with E-state index in [1.807, 2.05) is 18.4 Å². The molecule has 258 valence electrons. The van der Waals surface area contributed by atoms with Gasteiger partial charge in [0.05, 0.1) is 12.1 Å². The fourth-order valence-corrected chi connectivity index (χ4v) is 7.50. The summed E-state index contributed by atoms with van der Waals surface area (Å²) in [6.07, 6.45) is 5.64. The topological polar surface area (TPSA) is 133 Å². The summed E-state index contributed by atoms with van der Waals surface area (Å²) in [5.74, 6) is 1.44. The summed E-state index contributed by atoms with van der Waals surface area (Å²) >= 11 is 1.46. The highest BCUT2D eigenvalue weighted by Gasteiger charge is 2.45. The number of hydrogen-bond acceptors (Lipinski definition) is 10. The van der Waals surface area contributed by atoms with Crippen LogP contribution in [0.5, 0.6) is 0 Å². The Morgan fingerprint density at radius 2 is 1.78 bits per heavy atom. The zero-order valence-electron chi connectivity index (χ0n) is 27.2. The van der Waals surface area contributed by atoms with Crippen molar-refractivity contribution in [1.29, 1.82) is 0 Å². The van der Waals surface area contributed by atoms with Crippen molar-refractivity contribution in [2.24, 2.45) is 5.92 Å². The molecule has 50 heavy (non-hydrogen) atoms. The molecule has 0 radical (unpaired) electrons. The number of alkyl halides is 3. The fourth-order valence-electron chi connectivity index (χ4n) is 6.66. The number of nitrogens with one attached hydrogen (secondary N) is 2. The van der Waals surface area contributed by atoms with Crippen LogP contribution in [0.25, 0.3) is 33.5 Å². The smallest absolute Gasteiger partial charge is 0.357 e. The summed E-state index contributed by atoms with van der Waals surface area (Å²) in [6, 6.07) is 13.3. The largest absolute Gasteiger partial charge is 0.433 e. The molecule has 0 saturated carbocycles. The van der Waals surface area contributed by atoms with Crippen LogP contribution in [0.1, 0.15) is 25.0 Å². The number of H-pyrrole nitrogens is 1. The minimum Gasteiger partial charge on any atom is -0.357 e. The number of aromatic nitrogens is 6. The van der Waals surface area contributed by atoms with E-state index < -0.39 is 16.6 Å². The Labute approximate surface area is 290 Å². The minimum absolute atomic E-state index is 0.0511. The second-order valence-corrected chi connectivity index (χ2v) is 13.8. The Morgan fingerprint density at radius 3 is 2.50 bits per heavy atom. The predicted molar refractivity (Wildman–Crippen MR) is 185 cm³/mol. The zero-order chi connectivity index (χ0) is 34.9. The molecule has 0 spiro atoms. The van der Waals surface area contributed by atoms with Gasteiger partial charge in [0, 0.05) is 79.1 Å². The lowest BCUT2D eigenvalue weighted by atomic mass is 9.92. The maximum Gasteiger partial charge on any atom is 0.433 e. The molecular weight excluding hydrogens is 668 g/mol. The van der Waals surface area contributed by atoms with Crippen LogP contribution in [0.4, 0.5) is 24.7 Å². The maximum absolute atomic E-state index is 13.7. The number of hydrogen-bond donors (Lipinski definition) is 2. The first-order valence-corrected chi connectivity index (χ1v) is 17.5. The summed E-state index contributed by atoms with van der Waals surface area (Å²) < 4.78 is 39.1. The summed E-state index contributed by atoms with van der Waals surface area (Å²) in [5, 5.41) is 10.7. The lowest BCUT2D eigenvalue weighted by molar-refractivity contribution is -0.141. The van der Waals surface area contributed by atoms with Crippen molar-refractivity contribution in [1.82, 2.24) is 35.0 Å². The summed E-state index contributed by atoms with van der Waals surface area (Å²) in [6.45, 7) is 2.81. The van der Waals surface area contributed by atoms with E-state index in [9.17, 15) is 22.8 Å². The molecule has 6 heterocycles. The number of Topliss-reactive ketones (excluding diaryl/α,β-unsaturated/α-hetero) is 1. The number of thioether (sulfide) groups is 1. The number of aromatic amines is 1. The van der Waals surface area contributed by atoms with Crippen LogP contribution in [-0.2, 0) is 15.8 Å². The number of amides is 1. The van der Waals surface area contributed by atoms with Gasteiger partial charge in [-0.2, -0.15) is 18.3 Å². The van der Waals surface area contributed by atoms with Crippen molar-refractivity contribution in [3.63, 3.8) is 0 Å². The number of likely N-dealkylation sites (tertiary alicyclic amines) is 1. The molecule has 2 aliphatic heterocycles. The Bertz CT molecular complexity index is 2000. The Kier molecular flexibility index (Phi) is 9.26. The molecular formula is C35H34F3N9O2S. The maximum atomic E-state index is 13.7. The van der Waals surface area contributed by atoms with Gasteiger partial charge in [-0.1, -0.05) is 0 Å². The highest BCUT2D eigenvalue weighted by molar-refractivity contribution is 8.00. The lowest BCUT2D eigenvalue weighted by Gasteiger charge is -2.33. The van der Waals surface area contributed by atoms with Crippen LogP contribution in [0.15, 0.2) is 73.3 Å². The molecule has 11 nitrogen and oxygen atoms in total. The molecule has 4 aromatic heterocycles. The first kappa shape index (κ1) is 33.6. The molecule has 1 atom stereocenters. The van der Waals surface area contributed by atoms with E-state index in [1.54, 1.807) is 42.9 Å². The molecule has 1 amide bonds. The lowest BCUT2D eigenvalue weighted by Crippen LogP contribution is -2.44. The predicted octanol–water partition coefficient (Wildman–Crippen LogP) is 5.73. The number of pyridine rings is 2. The standard InChI is InChI=1S/C35H34F3N9O2S/c1-50-34(33(49)43-25-4-5-27-26(18-25)31(45-44-27)23-7-13-39-29(17-23)35(36,37)38)10-16-46(21-34)20-28(48)22-8-14-47(15-9-22)30-6-3-24(19-42-30)32-40-11-2-12-41-32/h2-7,11-13,17-19,22H,8-10,14-16,20-21H2,1H3,(H,43,49)(H,44,45)/t34-/m0/s1. The SMILES string of the molecule is CS[C@@]1(C(=O)Nc2ccc3[nH]nc(-c4ccnc(C(F)(F)F)c4)c3c2)CCN(CC(=O)C2CCN(c3ccc(-c4ncccn4)cn3)CC2)C1. The molecule has 2 fully saturated rings. The van der Waals surface area contributed by atoms with Gasteiger partial charge in [0.2, 0.25) is 5.91 Å². The van der Waals surface area contributed by atoms with Gasteiger partial charge >= 0.3 is 6.18 Å². The summed E-state index contributed by atoms with van der Waals surface area (Å²) in [5.41, 5.74) is 1.54. The first-order valence-electron chi connectivity index (χ1n) is 16.2. The van der Waals surface area contributed by atoms with E-state index in [4.69, 9.17) is 0 Å². The van der Waals surface area contributed by atoms with Gasteiger partial charge in [-0.15, -0.1) is 11.8 Å². The van der Waals surface area contributed by atoms with Crippen LogP contribution in [0, 0.1) is 5.92 Å². The number of rotatable bonds is 9. The van der Waals surface area contributed by atoms with E-state index in [0.29, 0.717) is 54.2 Å². The normalized spacial score (nSPS) is 18.8. The zero-order valence-corrected chi connectivity index (χ0v) is 28.0. The van der Waals surface area contributed by atoms with Gasteiger partial charge in [-0.05, 0) is 74.0 Å². The van der Waals surface area contributed by atoms with Gasteiger partial charge in [0.1, 0.15) is 27.7 Å². The molecule has 0 unspecified atom stereocenters. The molecule has 2 N–H and O–H groups in total. The Hall–Kier alpha value is -4.89. The van der Waals surface area contributed by atoms with Crippen LogP contribution < -0.4 is 10.2 Å². The highest BCUT2D eigenvalue weighted by Crippen LogP contribution is 2.37. The summed E-state index contributed by atoms with van der Waals surface area (Å²) in [7, 11) is 0. The van der Waals surface area contributed by atoms with Crippen molar-refractivity contribution >= 4 is 45.9 Å². The number of anilines is 2. The average molecular weight is 702 g/mol. The number of carbonyl (C=O) groups excluding carboxylic acids is 2. The first-order chi connectivity index (χ1) is 24.1. The number of halogens is 3. The Morgan fingerprint density at radius 1 is 0.980 bits per heavy atom. The van der Waals surface area contributed by atoms with E-state index in [2.05, 4.69) is 45.2 Å². The second-order valence-electron chi connectivity index (χ2n) is 12.6. The van der Waals surface area contributed by atoms with Gasteiger partial charge in [0.15, 0.2) is 5.82 Å². The van der Waals surface area contributed by atoms with Crippen LogP contribution in [0.2, 0.25) is 0 Å². The third-order valence-electron chi connectivity index (χ3n) is 9.49. The third-order valence-corrected chi connectivity index (χ3v) is 10.8. The van der Waals surface area contributed by atoms with Crippen LogP contribution in [0.3, 0.4) is 0 Å². The van der Waals surface area contributed by atoms with Crippen LogP contribution >= 0.6 is 11.8 Å². The van der Waals surface area contributed by atoms with Crippen molar-refractivity contribution in [3.8, 4) is 22.6 Å². The van der Waals surface area contributed by atoms with Gasteiger partial charge in [-0.25, -0.2) is 15.0 Å². The van der Waals surface area contributed by atoms with Crippen LogP contribution in [-0.4, -0.2) is 90.5 Å². The fraction of sp³-hybridized carbons (Fsp3) is 0.343. The van der Waals surface area contributed by atoms with Gasteiger partial charge in [-0.3, -0.25) is 24.6 Å². The van der Waals surface area contributed by atoms with E-state index in [1.165, 1.54) is 17.8 Å². The number of benzene rings is 1. The molecule has 2 saturated heterocycles. The number of carbonyl (C=O) groups is 2. The molecule has 5 aromatic rings. The second kappa shape index (κ2) is 13.8.